The molecule has 1 heterocycles. The van der Waals surface area contributed by atoms with Gasteiger partial charge in [-0.25, -0.2) is 0 Å². The molecule has 0 saturated heterocycles. The number of nitrogens with one attached hydrogen (secondary N) is 5. The highest BCUT2D eigenvalue weighted by atomic mass is 16.3. The second-order valence-electron chi connectivity index (χ2n) is 13.7. The van der Waals surface area contributed by atoms with E-state index in [1.165, 1.54) is 6.07 Å². The summed E-state index contributed by atoms with van der Waals surface area (Å²) in [5.41, 5.74) is 31.9. The number of aliphatic hydroxyl groups excluding tert-OH is 1. The number of benzene rings is 2. The van der Waals surface area contributed by atoms with E-state index >= 15 is 0 Å². The predicted molar refractivity (Wildman–Crippen MR) is 204 cm³/mol. The number of hydrogen-bond acceptors (Lipinski definition) is 12. The number of hydrogen-bond donors (Lipinski definition) is 12. The third kappa shape index (κ3) is 14.6. The highest BCUT2D eigenvalue weighted by Gasteiger charge is 2.30. The van der Waals surface area contributed by atoms with Crippen molar-refractivity contribution < 1.29 is 34.2 Å². The van der Waals surface area contributed by atoms with Gasteiger partial charge in [-0.1, -0.05) is 30.3 Å². The Labute approximate surface area is 315 Å². The van der Waals surface area contributed by atoms with Gasteiger partial charge in [0.1, 0.15) is 17.8 Å². The first-order chi connectivity index (χ1) is 25.8. The molecule has 0 aromatic heterocycles. The maximum Gasteiger partial charge on any atom is 0.243 e. The van der Waals surface area contributed by atoms with Crippen molar-refractivity contribution in [3.05, 3.63) is 53.6 Å². The lowest BCUT2D eigenvalue weighted by molar-refractivity contribution is -0.133. The molecule has 298 valence electrons. The first kappa shape index (κ1) is 43.8. The van der Waals surface area contributed by atoms with E-state index < -0.39 is 48.0 Å². The Kier molecular flexibility index (Phi) is 18.3. The minimum atomic E-state index is -1.28. The van der Waals surface area contributed by atoms with E-state index in [9.17, 15) is 34.2 Å². The monoisotopic (exact) mass is 754 g/mol. The third-order valence-electron chi connectivity index (χ3n) is 9.17. The SMILES string of the molecule is NCCC[C@H](N)CNC(=O)[C@@H](N)CCCCNC(=O)CCNC(=O)[C@@H]1Cc2cccc(c2)-c2ccc(O)c(c2)C[C@H](N)C(=O)N[C@@H](C[C@@H](O)CN)C(=O)N1. The molecular formula is C37H58N10O7. The zero-order valence-electron chi connectivity index (χ0n) is 30.7. The molecule has 5 amide bonds. The third-order valence-corrected chi connectivity index (χ3v) is 9.17. The number of aromatic hydroxyl groups is 1. The van der Waals surface area contributed by atoms with Crippen molar-refractivity contribution in [1.29, 1.82) is 0 Å². The molecule has 17 nitrogen and oxygen atoms in total. The molecule has 4 bridgehead atoms. The van der Waals surface area contributed by atoms with Crippen LogP contribution in [0.1, 0.15) is 56.1 Å². The molecule has 0 unspecified atom stereocenters. The number of fused-ring (bicyclic) bond motifs is 5. The number of phenols is 1. The van der Waals surface area contributed by atoms with Gasteiger partial charge in [0, 0.05) is 57.9 Å². The summed E-state index contributed by atoms with van der Waals surface area (Å²) in [6, 6.07) is 7.86. The Morgan fingerprint density at radius 2 is 1.63 bits per heavy atom. The average molecular weight is 755 g/mol. The second-order valence-corrected chi connectivity index (χ2v) is 13.7. The predicted octanol–water partition coefficient (Wildman–Crippen LogP) is -2.53. The van der Waals surface area contributed by atoms with E-state index in [-0.39, 0.29) is 62.4 Å². The van der Waals surface area contributed by atoms with Gasteiger partial charge in [0.15, 0.2) is 0 Å². The molecule has 2 aromatic carbocycles. The van der Waals surface area contributed by atoms with Crippen LogP contribution in [0.5, 0.6) is 5.75 Å². The van der Waals surface area contributed by atoms with Crippen LogP contribution < -0.4 is 55.3 Å². The average Bonchev–Trinajstić information content (AvgIpc) is 3.15. The fourth-order valence-corrected chi connectivity index (χ4v) is 5.94. The summed E-state index contributed by atoms with van der Waals surface area (Å²) in [4.78, 5) is 65.0. The molecule has 0 saturated carbocycles. The highest BCUT2D eigenvalue weighted by molar-refractivity contribution is 5.93. The van der Waals surface area contributed by atoms with Gasteiger partial charge >= 0.3 is 0 Å². The molecule has 0 aliphatic carbocycles. The lowest BCUT2D eigenvalue weighted by Crippen LogP contribution is -2.57. The minimum absolute atomic E-state index is 0.0211. The molecule has 17 heteroatoms. The standard InChI is InChI=1S/C37H58N10O7/c38-12-4-7-26(40)21-45-34(51)28(41)8-1-2-13-43-33(50)11-14-44-36(53)30-16-22-5-3-6-23(15-22)24-9-10-32(49)25(17-24)18-29(42)35(52)46-31(37(54)47-30)19-27(48)20-39/h3,5-6,9-10,15,17,26-31,48-49H,1-2,4,7-8,11-14,16,18-21,38-42H2,(H,43,50)(H,44,53)(H,45,51)(H,46,52)(H,47,54)/t26-,27+,28-,29-,30-,31-/m0/s1. The molecule has 1 aliphatic rings. The van der Waals surface area contributed by atoms with E-state index in [0.29, 0.717) is 56.4 Å². The number of nitrogens with two attached hydrogens (primary N) is 5. The summed E-state index contributed by atoms with van der Waals surface area (Å²) in [6.45, 7) is 1.02. The van der Waals surface area contributed by atoms with Crippen LogP contribution in [0.25, 0.3) is 11.1 Å². The molecule has 0 spiro atoms. The van der Waals surface area contributed by atoms with Crippen molar-refractivity contribution in [2.75, 3.05) is 32.7 Å². The van der Waals surface area contributed by atoms with Crippen LogP contribution >= 0.6 is 0 Å². The number of aliphatic hydroxyl groups is 1. The second kappa shape index (κ2) is 22.5. The summed E-state index contributed by atoms with van der Waals surface area (Å²) in [5.74, 6) is -2.62. The van der Waals surface area contributed by atoms with Crippen LogP contribution in [-0.2, 0) is 36.8 Å². The van der Waals surface area contributed by atoms with Crippen molar-refractivity contribution in [3.63, 3.8) is 0 Å². The van der Waals surface area contributed by atoms with Crippen molar-refractivity contribution in [3.8, 4) is 16.9 Å². The quantitative estimate of drug-likeness (QED) is 0.0701. The lowest BCUT2D eigenvalue weighted by Gasteiger charge is -2.25. The Morgan fingerprint density at radius 3 is 2.37 bits per heavy atom. The Hall–Kier alpha value is -4.65. The lowest BCUT2D eigenvalue weighted by atomic mass is 9.96. The summed E-state index contributed by atoms with van der Waals surface area (Å²) >= 11 is 0. The van der Waals surface area contributed by atoms with Gasteiger partial charge < -0.3 is 65.5 Å². The van der Waals surface area contributed by atoms with Gasteiger partial charge in [0.2, 0.25) is 29.5 Å². The van der Waals surface area contributed by atoms with Crippen molar-refractivity contribution in [1.82, 2.24) is 26.6 Å². The van der Waals surface area contributed by atoms with Crippen LogP contribution in [0, 0.1) is 0 Å². The normalized spacial score (nSPS) is 19.2. The van der Waals surface area contributed by atoms with E-state index in [1.54, 1.807) is 24.3 Å². The van der Waals surface area contributed by atoms with E-state index in [4.69, 9.17) is 28.7 Å². The number of carbonyl (C=O) groups is 5. The summed E-state index contributed by atoms with van der Waals surface area (Å²) in [6.07, 6.45) is 1.74. The number of rotatable bonds is 18. The molecule has 0 radical (unpaired) electrons. The molecule has 6 atom stereocenters. The van der Waals surface area contributed by atoms with Gasteiger partial charge in [-0.3, -0.25) is 24.0 Å². The molecular weight excluding hydrogens is 696 g/mol. The molecule has 17 N–H and O–H groups in total. The first-order valence-electron chi connectivity index (χ1n) is 18.5. The van der Waals surface area contributed by atoms with Gasteiger partial charge in [0.05, 0.1) is 18.2 Å². The fourth-order valence-electron chi connectivity index (χ4n) is 5.94. The van der Waals surface area contributed by atoms with E-state index in [0.717, 1.165) is 17.5 Å². The topological polar surface area (TPSA) is 316 Å². The van der Waals surface area contributed by atoms with E-state index in [1.807, 2.05) is 12.1 Å². The van der Waals surface area contributed by atoms with Crippen LogP contribution in [0.2, 0.25) is 0 Å². The Morgan fingerprint density at radius 1 is 0.870 bits per heavy atom. The smallest absolute Gasteiger partial charge is 0.243 e. The summed E-state index contributed by atoms with van der Waals surface area (Å²) < 4.78 is 0. The molecule has 0 fully saturated rings. The van der Waals surface area contributed by atoms with Crippen LogP contribution in [0.15, 0.2) is 42.5 Å². The number of unbranched alkanes of at least 4 members (excludes halogenated alkanes) is 1. The molecule has 54 heavy (non-hydrogen) atoms. The molecule has 2 aromatic rings. The first-order valence-corrected chi connectivity index (χ1v) is 18.5. The van der Waals surface area contributed by atoms with Gasteiger partial charge in [-0.05, 0) is 73.0 Å². The Balaban J connectivity index is 1.60. The number of phenolic OH excluding ortho intramolecular Hbond substituents is 1. The van der Waals surface area contributed by atoms with Gasteiger partial charge in [-0.2, -0.15) is 0 Å². The van der Waals surface area contributed by atoms with Crippen molar-refractivity contribution in [2.24, 2.45) is 28.7 Å². The zero-order chi connectivity index (χ0) is 39.6. The van der Waals surface area contributed by atoms with Crippen molar-refractivity contribution >= 4 is 29.5 Å². The van der Waals surface area contributed by atoms with Gasteiger partial charge in [-0.15, -0.1) is 0 Å². The zero-order valence-corrected chi connectivity index (χ0v) is 30.7. The maximum absolute atomic E-state index is 13.6. The summed E-state index contributed by atoms with van der Waals surface area (Å²) in [5, 5.41) is 34.3. The fraction of sp³-hybridized carbons (Fsp3) is 0.541. The minimum Gasteiger partial charge on any atom is -0.508 e. The number of amides is 5. The summed E-state index contributed by atoms with van der Waals surface area (Å²) in [7, 11) is 0. The van der Waals surface area contributed by atoms with Gasteiger partial charge in [0.25, 0.3) is 0 Å². The maximum atomic E-state index is 13.6. The highest BCUT2D eigenvalue weighted by Crippen LogP contribution is 2.28. The van der Waals surface area contributed by atoms with Crippen LogP contribution in [0.3, 0.4) is 0 Å². The number of carbonyl (C=O) groups excluding carboxylic acids is 5. The van der Waals surface area contributed by atoms with Crippen LogP contribution in [-0.4, -0.2) is 109 Å². The Bertz CT molecular complexity index is 1560. The van der Waals surface area contributed by atoms with Crippen LogP contribution in [0.4, 0.5) is 0 Å². The molecule has 3 rings (SSSR count). The van der Waals surface area contributed by atoms with Crippen molar-refractivity contribution in [2.45, 2.75) is 94.1 Å². The van der Waals surface area contributed by atoms with E-state index in [2.05, 4.69) is 26.6 Å². The molecule has 1 aliphatic heterocycles. The largest absolute Gasteiger partial charge is 0.508 e.